The molecule has 0 saturated carbocycles. The summed E-state index contributed by atoms with van der Waals surface area (Å²) in [6, 6.07) is 7.42. The van der Waals surface area contributed by atoms with E-state index >= 15 is 0 Å². The Morgan fingerprint density at radius 3 is 3.00 bits per heavy atom. The second-order valence-corrected chi connectivity index (χ2v) is 4.60. The first kappa shape index (κ1) is 11.9. The van der Waals surface area contributed by atoms with Gasteiger partial charge in [-0.05, 0) is 42.5 Å². The number of esters is 1. The minimum atomic E-state index is -1.16. The lowest BCUT2D eigenvalue weighted by molar-refractivity contribution is -0.145. The summed E-state index contributed by atoms with van der Waals surface area (Å²) in [4.78, 5) is 11.9. The summed E-state index contributed by atoms with van der Waals surface area (Å²) in [5, 5.41) is 10.0. The highest BCUT2D eigenvalue weighted by atomic mass is 35.5. The van der Waals surface area contributed by atoms with Crippen LogP contribution in [-0.4, -0.2) is 13.1 Å². The number of aryl methyl sites for hydroxylation is 1. The molecule has 1 aromatic rings. The fourth-order valence-electron chi connectivity index (χ4n) is 2.41. The summed E-state index contributed by atoms with van der Waals surface area (Å²) in [6.07, 6.45) is 2.14. The highest BCUT2D eigenvalue weighted by Gasteiger charge is 2.45. The number of nitrogens with zero attached hydrogens (tertiary/aromatic N) is 1. The van der Waals surface area contributed by atoms with Crippen molar-refractivity contribution in [1.82, 2.24) is 0 Å². The number of methoxy groups -OCH3 is 1. The Bertz CT molecular complexity index is 507. The zero-order valence-electron chi connectivity index (χ0n) is 9.50. The topological polar surface area (TPSA) is 50.1 Å². The lowest BCUT2D eigenvalue weighted by atomic mass is 9.71. The minimum Gasteiger partial charge on any atom is -0.468 e. The van der Waals surface area contributed by atoms with Crippen molar-refractivity contribution >= 4 is 17.6 Å². The second kappa shape index (κ2) is 4.38. The maximum atomic E-state index is 11.9. The van der Waals surface area contributed by atoms with E-state index in [-0.39, 0.29) is 0 Å². The molecule has 4 heteroatoms. The highest BCUT2D eigenvalue weighted by molar-refractivity contribution is 6.30. The lowest BCUT2D eigenvalue weighted by Gasteiger charge is -2.30. The third-order valence-corrected chi connectivity index (χ3v) is 3.48. The number of carbonyl (C=O) groups excluding carboxylic acids is 1. The molecule has 0 fully saturated rings. The number of hydrogen-bond acceptors (Lipinski definition) is 3. The van der Waals surface area contributed by atoms with Gasteiger partial charge in [-0.25, -0.2) is 4.79 Å². The van der Waals surface area contributed by atoms with Gasteiger partial charge in [-0.1, -0.05) is 17.7 Å². The fraction of sp³-hybridized carbons (Fsp3) is 0.385. The van der Waals surface area contributed by atoms with Crippen molar-refractivity contribution in [3.8, 4) is 6.07 Å². The summed E-state index contributed by atoms with van der Waals surface area (Å²) in [5.74, 6) is -0.483. The van der Waals surface area contributed by atoms with Crippen LogP contribution in [0.2, 0.25) is 5.02 Å². The largest absolute Gasteiger partial charge is 0.468 e. The molecule has 0 aromatic heterocycles. The van der Waals surface area contributed by atoms with Gasteiger partial charge in [0, 0.05) is 5.02 Å². The Labute approximate surface area is 105 Å². The molecule has 0 aliphatic heterocycles. The quantitative estimate of drug-likeness (QED) is 0.719. The third-order valence-electron chi connectivity index (χ3n) is 3.25. The Morgan fingerprint density at radius 2 is 2.35 bits per heavy atom. The van der Waals surface area contributed by atoms with Crippen molar-refractivity contribution < 1.29 is 9.53 Å². The average Bonchev–Trinajstić information content (AvgIpc) is 2.36. The van der Waals surface area contributed by atoms with Gasteiger partial charge in [0.05, 0.1) is 13.2 Å². The van der Waals surface area contributed by atoms with Gasteiger partial charge in [0.2, 0.25) is 0 Å². The monoisotopic (exact) mass is 249 g/mol. The van der Waals surface area contributed by atoms with Crippen LogP contribution in [0.25, 0.3) is 0 Å². The lowest BCUT2D eigenvalue weighted by Crippen LogP contribution is -2.38. The predicted octanol–water partition coefficient (Wildman–Crippen LogP) is 2.61. The summed E-state index contributed by atoms with van der Waals surface area (Å²) in [7, 11) is 1.31. The van der Waals surface area contributed by atoms with E-state index in [2.05, 4.69) is 6.07 Å². The molecular weight excluding hydrogens is 238 g/mol. The Balaban J connectivity index is 2.61. The SMILES string of the molecule is COC(=O)[C@@]1(C#N)CCCc2cc(Cl)ccc21. The van der Waals surface area contributed by atoms with Gasteiger partial charge < -0.3 is 4.74 Å². The van der Waals surface area contributed by atoms with E-state index < -0.39 is 11.4 Å². The van der Waals surface area contributed by atoms with Gasteiger partial charge in [-0.3, -0.25) is 0 Å². The molecule has 88 valence electrons. The van der Waals surface area contributed by atoms with Crippen molar-refractivity contribution in [2.24, 2.45) is 0 Å². The molecule has 0 saturated heterocycles. The fourth-order valence-corrected chi connectivity index (χ4v) is 2.61. The number of halogens is 1. The van der Waals surface area contributed by atoms with E-state index in [1.54, 1.807) is 12.1 Å². The standard InChI is InChI=1S/C13H12ClNO2/c1-17-12(16)13(8-15)6-2-3-9-7-10(14)4-5-11(9)13/h4-5,7H,2-3,6H2,1H3/t13-/m1/s1. The molecule has 1 aliphatic carbocycles. The van der Waals surface area contributed by atoms with Crippen molar-refractivity contribution in [3.63, 3.8) is 0 Å². The molecule has 17 heavy (non-hydrogen) atoms. The van der Waals surface area contributed by atoms with E-state index in [1.165, 1.54) is 7.11 Å². The molecule has 1 aromatic carbocycles. The smallest absolute Gasteiger partial charge is 0.330 e. The van der Waals surface area contributed by atoms with E-state index in [0.717, 1.165) is 24.0 Å². The van der Waals surface area contributed by atoms with Crippen molar-refractivity contribution in [2.45, 2.75) is 24.7 Å². The van der Waals surface area contributed by atoms with Crippen LogP contribution in [0.3, 0.4) is 0 Å². The van der Waals surface area contributed by atoms with Crippen LogP contribution < -0.4 is 0 Å². The van der Waals surface area contributed by atoms with Crippen molar-refractivity contribution in [3.05, 3.63) is 34.3 Å². The van der Waals surface area contributed by atoms with Crippen LogP contribution in [0.15, 0.2) is 18.2 Å². The van der Waals surface area contributed by atoms with Crippen molar-refractivity contribution in [1.29, 1.82) is 5.26 Å². The summed E-state index contributed by atoms with van der Waals surface area (Å²) >= 11 is 5.93. The van der Waals surface area contributed by atoms with Gasteiger partial charge in [0.1, 0.15) is 0 Å². The highest BCUT2D eigenvalue weighted by Crippen LogP contribution is 2.38. The number of ether oxygens (including phenoxy) is 1. The molecule has 0 radical (unpaired) electrons. The number of fused-ring (bicyclic) bond motifs is 1. The molecule has 1 aliphatic rings. The van der Waals surface area contributed by atoms with Gasteiger partial charge in [0.15, 0.2) is 5.41 Å². The Hall–Kier alpha value is -1.53. The first-order chi connectivity index (χ1) is 8.14. The number of rotatable bonds is 1. The van der Waals surface area contributed by atoms with E-state index in [0.29, 0.717) is 11.4 Å². The number of hydrogen-bond donors (Lipinski definition) is 0. The molecule has 2 rings (SSSR count). The number of nitriles is 1. The summed E-state index contributed by atoms with van der Waals surface area (Å²) in [5.41, 5.74) is 0.547. The van der Waals surface area contributed by atoms with Gasteiger partial charge in [0.25, 0.3) is 0 Å². The number of benzene rings is 1. The first-order valence-electron chi connectivity index (χ1n) is 5.42. The minimum absolute atomic E-state index is 0.483. The maximum Gasteiger partial charge on any atom is 0.330 e. The van der Waals surface area contributed by atoms with Crippen LogP contribution in [0.4, 0.5) is 0 Å². The number of carbonyl (C=O) groups is 1. The summed E-state index contributed by atoms with van der Waals surface area (Å²) in [6.45, 7) is 0. The second-order valence-electron chi connectivity index (χ2n) is 4.16. The molecule has 0 amide bonds. The van der Waals surface area contributed by atoms with E-state index in [9.17, 15) is 10.1 Å². The predicted molar refractivity (Wildman–Crippen MR) is 63.7 cm³/mol. The molecule has 0 heterocycles. The van der Waals surface area contributed by atoms with Gasteiger partial charge in [-0.2, -0.15) is 5.26 Å². The van der Waals surface area contributed by atoms with Crippen LogP contribution in [0, 0.1) is 11.3 Å². The first-order valence-corrected chi connectivity index (χ1v) is 5.80. The van der Waals surface area contributed by atoms with Gasteiger partial charge >= 0.3 is 5.97 Å². The third kappa shape index (κ3) is 1.79. The van der Waals surface area contributed by atoms with Gasteiger partial charge in [-0.15, -0.1) is 0 Å². The molecular formula is C13H12ClNO2. The molecule has 0 spiro atoms. The van der Waals surface area contributed by atoms with Crippen LogP contribution >= 0.6 is 11.6 Å². The average molecular weight is 250 g/mol. The van der Waals surface area contributed by atoms with Crippen LogP contribution in [-0.2, 0) is 21.4 Å². The van der Waals surface area contributed by atoms with E-state index in [4.69, 9.17) is 16.3 Å². The molecule has 0 unspecified atom stereocenters. The van der Waals surface area contributed by atoms with Crippen LogP contribution in [0.1, 0.15) is 24.0 Å². The normalized spacial score (nSPS) is 22.4. The van der Waals surface area contributed by atoms with E-state index in [1.807, 2.05) is 6.07 Å². The van der Waals surface area contributed by atoms with Crippen LogP contribution in [0.5, 0.6) is 0 Å². The maximum absolute atomic E-state index is 11.9. The Kier molecular flexibility index (Phi) is 3.08. The zero-order chi connectivity index (χ0) is 12.5. The molecule has 1 atom stereocenters. The molecule has 0 N–H and O–H groups in total. The molecule has 0 bridgehead atoms. The molecule has 3 nitrogen and oxygen atoms in total. The Morgan fingerprint density at radius 1 is 1.59 bits per heavy atom. The van der Waals surface area contributed by atoms with Crippen molar-refractivity contribution in [2.75, 3.05) is 7.11 Å². The zero-order valence-corrected chi connectivity index (χ0v) is 10.3. The summed E-state index contributed by atoms with van der Waals surface area (Å²) < 4.78 is 4.78.